The van der Waals surface area contributed by atoms with Crippen molar-refractivity contribution in [2.45, 2.75) is 26.9 Å². The molecule has 124 valence electrons. The molecule has 2 aromatic heterocycles. The van der Waals surface area contributed by atoms with E-state index in [0.29, 0.717) is 18.8 Å². The molecule has 0 unspecified atom stereocenters. The summed E-state index contributed by atoms with van der Waals surface area (Å²) in [4.78, 5) is 16.6. The molecule has 0 aliphatic heterocycles. The number of aryl methyl sites for hydroxylation is 2. The number of nitrogens with one attached hydrogen (secondary N) is 1. The second kappa shape index (κ2) is 7.12. The molecule has 24 heavy (non-hydrogen) atoms. The summed E-state index contributed by atoms with van der Waals surface area (Å²) in [6.07, 6.45) is 3.66. The number of nitrogens with zero attached hydrogens (tertiary/aromatic N) is 4. The minimum Gasteiger partial charge on any atom is -0.349 e. The molecular formula is C18H21N5O. The predicted octanol–water partition coefficient (Wildman–Crippen LogP) is 2.50. The number of rotatable bonds is 6. The quantitative estimate of drug-likeness (QED) is 0.758. The van der Waals surface area contributed by atoms with E-state index in [-0.39, 0.29) is 5.91 Å². The van der Waals surface area contributed by atoms with Gasteiger partial charge in [-0.2, -0.15) is 5.10 Å². The highest BCUT2D eigenvalue weighted by Gasteiger charge is 2.11. The van der Waals surface area contributed by atoms with Crippen LogP contribution in [0.1, 0.15) is 23.1 Å². The molecular weight excluding hydrogens is 302 g/mol. The molecule has 0 atom stereocenters. The zero-order valence-electron chi connectivity index (χ0n) is 13.9. The highest BCUT2D eigenvalue weighted by Crippen LogP contribution is 2.18. The molecule has 1 amide bonds. The van der Waals surface area contributed by atoms with Crippen molar-refractivity contribution in [3.63, 3.8) is 0 Å². The molecule has 0 saturated heterocycles. The van der Waals surface area contributed by atoms with Crippen LogP contribution < -0.4 is 5.32 Å². The molecule has 3 rings (SSSR count). The Morgan fingerprint density at radius 3 is 2.71 bits per heavy atom. The first-order valence-corrected chi connectivity index (χ1v) is 8.08. The van der Waals surface area contributed by atoms with Gasteiger partial charge in [0.15, 0.2) is 0 Å². The molecule has 3 aromatic rings. The summed E-state index contributed by atoms with van der Waals surface area (Å²) in [5.41, 5.74) is 2.58. The summed E-state index contributed by atoms with van der Waals surface area (Å²) in [6.45, 7) is 5.94. The smallest absolute Gasteiger partial charge is 0.271 e. The van der Waals surface area contributed by atoms with E-state index in [4.69, 9.17) is 0 Å². The fraction of sp³-hybridized carbons (Fsp3) is 0.278. The summed E-state index contributed by atoms with van der Waals surface area (Å²) in [5.74, 6) is 0.763. The normalized spacial score (nSPS) is 10.8. The van der Waals surface area contributed by atoms with Gasteiger partial charge in [0.1, 0.15) is 11.5 Å². The average molecular weight is 323 g/mol. The van der Waals surface area contributed by atoms with Crippen LogP contribution >= 0.6 is 0 Å². The Kier molecular flexibility index (Phi) is 4.74. The SMILES string of the molecule is CCn1ccc(C(=O)NCCn2c(C)cnc2-c2ccccc2)n1. The second-order valence-corrected chi connectivity index (χ2v) is 5.55. The number of amides is 1. The molecule has 6 nitrogen and oxygen atoms in total. The Hall–Kier alpha value is -2.89. The van der Waals surface area contributed by atoms with Gasteiger partial charge in [0.2, 0.25) is 0 Å². The van der Waals surface area contributed by atoms with E-state index in [1.165, 1.54) is 0 Å². The summed E-state index contributed by atoms with van der Waals surface area (Å²) in [6, 6.07) is 11.8. The first-order valence-electron chi connectivity index (χ1n) is 8.08. The van der Waals surface area contributed by atoms with Crippen LogP contribution in [0.25, 0.3) is 11.4 Å². The van der Waals surface area contributed by atoms with Crippen LogP contribution in [-0.4, -0.2) is 31.8 Å². The third-order valence-electron chi connectivity index (χ3n) is 3.91. The minimum atomic E-state index is -0.152. The molecule has 0 fully saturated rings. The van der Waals surface area contributed by atoms with E-state index < -0.39 is 0 Å². The van der Waals surface area contributed by atoms with Crippen molar-refractivity contribution in [2.24, 2.45) is 0 Å². The van der Waals surface area contributed by atoms with Crippen molar-refractivity contribution in [1.29, 1.82) is 0 Å². The third-order valence-corrected chi connectivity index (χ3v) is 3.91. The molecule has 0 aliphatic rings. The van der Waals surface area contributed by atoms with Gasteiger partial charge < -0.3 is 9.88 Å². The number of aromatic nitrogens is 4. The maximum atomic E-state index is 12.1. The lowest BCUT2D eigenvalue weighted by molar-refractivity contribution is 0.0946. The van der Waals surface area contributed by atoms with E-state index >= 15 is 0 Å². The number of imidazole rings is 1. The van der Waals surface area contributed by atoms with Crippen LogP contribution in [0.4, 0.5) is 0 Å². The predicted molar refractivity (Wildman–Crippen MR) is 92.6 cm³/mol. The van der Waals surface area contributed by atoms with Gasteiger partial charge in [-0.25, -0.2) is 4.98 Å². The first kappa shape index (κ1) is 16.0. The molecule has 1 N–H and O–H groups in total. The Morgan fingerprint density at radius 2 is 2.00 bits per heavy atom. The van der Waals surface area contributed by atoms with Crippen LogP contribution in [-0.2, 0) is 13.1 Å². The Bertz CT molecular complexity index is 819. The lowest BCUT2D eigenvalue weighted by atomic mass is 10.2. The lowest BCUT2D eigenvalue weighted by Crippen LogP contribution is -2.28. The summed E-state index contributed by atoms with van der Waals surface area (Å²) >= 11 is 0. The van der Waals surface area contributed by atoms with Gasteiger partial charge in [0.25, 0.3) is 5.91 Å². The molecule has 6 heteroatoms. The standard InChI is InChI=1S/C18H21N5O/c1-3-22-11-9-16(21-22)18(24)19-10-12-23-14(2)13-20-17(23)15-7-5-4-6-8-15/h4-9,11,13H,3,10,12H2,1-2H3,(H,19,24). The topological polar surface area (TPSA) is 64.7 Å². The van der Waals surface area contributed by atoms with Gasteiger partial charge in [-0.15, -0.1) is 0 Å². The van der Waals surface area contributed by atoms with E-state index in [0.717, 1.165) is 23.6 Å². The van der Waals surface area contributed by atoms with Gasteiger partial charge in [-0.3, -0.25) is 9.48 Å². The van der Waals surface area contributed by atoms with Crippen LogP contribution in [0.2, 0.25) is 0 Å². The highest BCUT2D eigenvalue weighted by atomic mass is 16.1. The van der Waals surface area contributed by atoms with Crippen molar-refractivity contribution >= 4 is 5.91 Å². The maximum absolute atomic E-state index is 12.1. The fourth-order valence-corrected chi connectivity index (χ4v) is 2.59. The van der Waals surface area contributed by atoms with Crippen LogP contribution in [0.5, 0.6) is 0 Å². The number of hydrogen-bond donors (Lipinski definition) is 1. The van der Waals surface area contributed by atoms with E-state index in [1.54, 1.807) is 10.7 Å². The largest absolute Gasteiger partial charge is 0.349 e. The summed E-state index contributed by atoms with van der Waals surface area (Å²) < 4.78 is 3.85. The van der Waals surface area contributed by atoms with Gasteiger partial charge in [0.05, 0.1) is 0 Å². The molecule has 0 saturated carbocycles. The molecule has 2 heterocycles. The fourth-order valence-electron chi connectivity index (χ4n) is 2.59. The first-order chi connectivity index (χ1) is 11.7. The minimum absolute atomic E-state index is 0.152. The van der Waals surface area contributed by atoms with E-state index in [2.05, 4.69) is 20.0 Å². The number of carbonyl (C=O) groups is 1. The zero-order valence-corrected chi connectivity index (χ0v) is 13.9. The molecule has 0 spiro atoms. The van der Waals surface area contributed by atoms with Gasteiger partial charge in [-0.05, 0) is 19.9 Å². The lowest BCUT2D eigenvalue weighted by Gasteiger charge is -2.11. The molecule has 0 radical (unpaired) electrons. The monoisotopic (exact) mass is 323 g/mol. The van der Waals surface area contributed by atoms with Gasteiger partial charge in [0, 0.05) is 43.3 Å². The maximum Gasteiger partial charge on any atom is 0.271 e. The van der Waals surface area contributed by atoms with Crippen LogP contribution in [0.3, 0.4) is 0 Å². The van der Waals surface area contributed by atoms with Crippen molar-refractivity contribution in [3.8, 4) is 11.4 Å². The molecule has 0 aliphatic carbocycles. The van der Waals surface area contributed by atoms with Crippen molar-refractivity contribution in [2.75, 3.05) is 6.54 Å². The highest BCUT2D eigenvalue weighted by molar-refractivity contribution is 5.92. The number of benzene rings is 1. The summed E-state index contributed by atoms with van der Waals surface area (Å²) in [5, 5.41) is 7.13. The second-order valence-electron chi connectivity index (χ2n) is 5.55. The van der Waals surface area contributed by atoms with Crippen molar-refractivity contribution in [3.05, 3.63) is 60.2 Å². The third kappa shape index (κ3) is 3.37. The molecule has 1 aromatic carbocycles. The zero-order chi connectivity index (χ0) is 16.9. The van der Waals surface area contributed by atoms with Gasteiger partial charge >= 0.3 is 0 Å². The Labute approximate surface area is 141 Å². The van der Waals surface area contributed by atoms with Crippen LogP contribution in [0.15, 0.2) is 48.8 Å². The molecule has 0 bridgehead atoms. The van der Waals surface area contributed by atoms with Crippen molar-refractivity contribution < 1.29 is 4.79 Å². The van der Waals surface area contributed by atoms with Crippen LogP contribution in [0, 0.1) is 6.92 Å². The average Bonchev–Trinajstić information content (AvgIpc) is 3.23. The summed E-state index contributed by atoms with van der Waals surface area (Å²) in [7, 11) is 0. The Balaban J connectivity index is 1.65. The van der Waals surface area contributed by atoms with E-state index in [1.807, 2.05) is 56.6 Å². The number of hydrogen-bond acceptors (Lipinski definition) is 3. The Morgan fingerprint density at radius 1 is 1.21 bits per heavy atom. The van der Waals surface area contributed by atoms with Gasteiger partial charge in [-0.1, -0.05) is 30.3 Å². The van der Waals surface area contributed by atoms with Crippen molar-refractivity contribution in [1.82, 2.24) is 24.6 Å². The van der Waals surface area contributed by atoms with E-state index in [9.17, 15) is 4.79 Å². The number of carbonyl (C=O) groups excluding carboxylic acids is 1.